The molecule has 1 heterocycles. The van der Waals surface area contributed by atoms with Gasteiger partial charge in [-0.05, 0) is 41.1 Å². The van der Waals surface area contributed by atoms with Gasteiger partial charge in [0.05, 0.1) is 13.2 Å². The number of rotatable bonds is 4. The Hall–Kier alpha value is -0.330. The average Bonchev–Trinajstić information content (AvgIpc) is 2.48. The van der Waals surface area contributed by atoms with Crippen molar-refractivity contribution in [2.45, 2.75) is 43.4 Å². The molecule has 0 saturated carbocycles. The van der Waals surface area contributed by atoms with Crippen LogP contribution >= 0.6 is 22.6 Å². The molecule has 1 aliphatic rings. The monoisotopic (exact) mass is 426 g/mol. The Kier molecular flexibility index (Phi) is 5.45. The Bertz CT molecular complexity index is 524. The van der Waals surface area contributed by atoms with E-state index in [-0.39, 0.29) is 6.61 Å². The quantitative estimate of drug-likeness (QED) is 0.320. The molecule has 0 bridgehead atoms. The fourth-order valence-corrected chi connectivity index (χ4v) is 2.87. The lowest BCUT2D eigenvalue weighted by Crippen LogP contribution is -2.73. The maximum atomic E-state index is 10.5. The minimum atomic E-state index is -2.54. The minimum Gasteiger partial charge on any atom is -0.394 e. The van der Waals surface area contributed by atoms with Crippen molar-refractivity contribution >= 4 is 22.6 Å². The van der Waals surface area contributed by atoms with E-state index >= 15 is 0 Å². The molecule has 0 aromatic heterocycles. The second-order valence-corrected chi connectivity index (χ2v) is 6.50. The van der Waals surface area contributed by atoms with Gasteiger partial charge < -0.3 is 35.0 Å². The molecule has 1 aliphatic heterocycles. The SMILES string of the molecule is CC1(O)OC(CO)[C@H](O)[C@H](O)[C@@]1(O)OCc1ccccc1I. The third-order valence-corrected chi connectivity index (χ3v) is 4.79. The van der Waals surface area contributed by atoms with Crippen LogP contribution in [0, 0.1) is 3.57 Å². The van der Waals surface area contributed by atoms with E-state index in [1.165, 1.54) is 0 Å². The Balaban J connectivity index is 2.21. The number of benzene rings is 1. The van der Waals surface area contributed by atoms with E-state index in [2.05, 4.69) is 22.6 Å². The summed E-state index contributed by atoms with van der Waals surface area (Å²) in [5.41, 5.74) is 0.735. The van der Waals surface area contributed by atoms with Crippen LogP contribution in [0.25, 0.3) is 0 Å². The molecule has 1 aromatic carbocycles. The van der Waals surface area contributed by atoms with Gasteiger partial charge in [-0.1, -0.05) is 18.2 Å². The second kappa shape index (κ2) is 6.65. The predicted octanol–water partition coefficient (Wildman–Crippen LogP) is -0.682. The van der Waals surface area contributed by atoms with Gasteiger partial charge in [-0.15, -0.1) is 0 Å². The number of aliphatic hydroxyl groups is 5. The fraction of sp³-hybridized carbons (Fsp3) is 0.571. The summed E-state index contributed by atoms with van der Waals surface area (Å²) >= 11 is 2.09. The van der Waals surface area contributed by atoms with E-state index in [4.69, 9.17) is 14.6 Å². The molecule has 1 fully saturated rings. The molecule has 0 aliphatic carbocycles. The van der Waals surface area contributed by atoms with E-state index in [0.29, 0.717) is 0 Å². The van der Waals surface area contributed by atoms with Crippen LogP contribution in [0.4, 0.5) is 0 Å². The first kappa shape index (κ1) is 18.0. The highest BCUT2D eigenvalue weighted by molar-refractivity contribution is 14.1. The van der Waals surface area contributed by atoms with Crippen molar-refractivity contribution in [2.24, 2.45) is 0 Å². The summed E-state index contributed by atoms with van der Waals surface area (Å²) < 4.78 is 11.2. The van der Waals surface area contributed by atoms with Crippen molar-refractivity contribution in [3.05, 3.63) is 33.4 Å². The van der Waals surface area contributed by atoms with Crippen molar-refractivity contribution in [3.8, 4) is 0 Å². The summed E-state index contributed by atoms with van der Waals surface area (Å²) in [5.74, 6) is -4.85. The maximum Gasteiger partial charge on any atom is 0.250 e. The summed E-state index contributed by atoms with van der Waals surface area (Å²) in [6.45, 7) is 0.366. The normalized spacial score (nSPS) is 39.0. The van der Waals surface area contributed by atoms with Gasteiger partial charge in [0.1, 0.15) is 18.3 Å². The summed E-state index contributed by atoms with van der Waals surface area (Å²) in [6.07, 6.45) is -4.69. The third-order valence-electron chi connectivity index (χ3n) is 3.74. The van der Waals surface area contributed by atoms with E-state index < -0.39 is 36.5 Å². The first-order valence-corrected chi connectivity index (χ1v) is 7.77. The smallest absolute Gasteiger partial charge is 0.250 e. The topological polar surface area (TPSA) is 120 Å². The predicted molar refractivity (Wildman–Crippen MR) is 83.5 cm³/mol. The van der Waals surface area contributed by atoms with Crippen LogP contribution in [0.15, 0.2) is 24.3 Å². The van der Waals surface area contributed by atoms with Gasteiger partial charge in [0.2, 0.25) is 5.79 Å². The van der Waals surface area contributed by atoms with Gasteiger partial charge in [-0.2, -0.15) is 0 Å². The summed E-state index contributed by atoms with van der Waals surface area (Å²) in [7, 11) is 0. The maximum absolute atomic E-state index is 10.5. The molecule has 7 nitrogen and oxygen atoms in total. The Morgan fingerprint density at radius 3 is 2.50 bits per heavy atom. The highest BCUT2D eigenvalue weighted by atomic mass is 127. The van der Waals surface area contributed by atoms with Crippen molar-refractivity contribution in [1.29, 1.82) is 0 Å². The Morgan fingerprint density at radius 2 is 1.91 bits per heavy atom. The van der Waals surface area contributed by atoms with Crippen LogP contribution in [-0.2, 0) is 16.1 Å². The van der Waals surface area contributed by atoms with E-state index in [9.17, 15) is 20.4 Å². The fourth-order valence-electron chi connectivity index (χ4n) is 2.33. The van der Waals surface area contributed by atoms with Crippen LogP contribution < -0.4 is 0 Å². The highest BCUT2D eigenvalue weighted by Gasteiger charge is 2.62. The van der Waals surface area contributed by atoms with Gasteiger partial charge in [0.15, 0.2) is 0 Å². The van der Waals surface area contributed by atoms with Gasteiger partial charge in [-0.25, -0.2) is 0 Å². The van der Waals surface area contributed by atoms with Crippen molar-refractivity contribution in [3.63, 3.8) is 0 Å². The zero-order valence-corrected chi connectivity index (χ0v) is 14.0. The van der Waals surface area contributed by atoms with Gasteiger partial charge >= 0.3 is 0 Å². The molecule has 0 radical (unpaired) electrons. The van der Waals surface area contributed by atoms with Crippen LogP contribution in [0.1, 0.15) is 12.5 Å². The first-order valence-electron chi connectivity index (χ1n) is 6.70. The third kappa shape index (κ3) is 3.15. The lowest BCUT2D eigenvalue weighted by Gasteiger charge is -2.50. The molecule has 0 amide bonds. The average molecular weight is 426 g/mol. The molecule has 2 rings (SSSR count). The number of halogens is 1. The number of aliphatic hydroxyl groups excluding tert-OH is 3. The van der Waals surface area contributed by atoms with Crippen LogP contribution in [0.3, 0.4) is 0 Å². The van der Waals surface area contributed by atoms with E-state index in [1.54, 1.807) is 12.1 Å². The molecule has 0 spiro atoms. The lowest BCUT2D eigenvalue weighted by atomic mass is 9.89. The first-order chi connectivity index (χ1) is 10.2. The number of hydrogen-bond acceptors (Lipinski definition) is 7. The van der Waals surface area contributed by atoms with E-state index in [0.717, 1.165) is 16.1 Å². The Morgan fingerprint density at radius 1 is 1.27 bits per heavy atom. The number of ether oxygens (including phenoxy) is 2. The molecular formula is C14H19IO7. The van der Waals surface area contributed by atoms with Gasteiger partial charge in [0, 0.05) is 3.57 Å². The molecule has 124 valence electrons. The van der Waals surface area contributed by atoms with Gasteiger partial charge in [-0.3, -0.25) is 0 Å². The largest absolute Gasteiger partial charge is 0.394 e. The van der Waals surface area contributed by atoms with Gasteiger partial charge in [0.25, 0.3) is 5.79 Å². The summed E-state index contributed by atoms with van der Waals surface area (Å²) in [5, 5.41) is 49.8. The second-order valence-electron chi connectivity index (χ2n) is 5.33. The zero-order chi connectivity index (χ0) is 16.5. The Labute approximate surface area is 141 Å². The molecule has 5 atom stereocenters. The summed E-state index contributed by atoms with van der Waals surface area (Å²) in [4.78, 5) is 0. The molecule has 5 N–H and O–H groups in total. The van der Waals surface area contributed by atoms with Crippen LogP contribution in [-0.4, -0.2) is 62.0 Å². The standard InChI is InChI=1S/C14H19IO7/c1-13(19)14(20,12(18)11(17)10(6-16)22-13)21-7-8-4-2-3-5-9(8)15/h2-5,10-12,16-20H,6-7H2,1H3/t10?,11-,12-,13?,14+/m0/s1. The lowest BCUT2D eigenvalue weighted by molar-refractivity contribution is -0.454. The van der Waals surface area contributed by atoms with Crippen LogP contribution in [0.5, 0.6) is 0 Å². The molecule has 8 heteroatoms. The molecule has 22 heavy (non-hydrogen) atoms. The summed E-state index contributed by atoms with van der Waals surface area (Å²) in [6, 6.07) is 7.23. The number of hydrogen-bond donors (Lipinski definition) is 5. The van der Waals surface area contributed by atoms with Crippen molar-refractivity contribution in [1.82, 2.24) is 0 Å². The molecule has 1 aromatic rings. The molecule has 1 saturated heterocycles. The zero-order valence-electron chi connectivity index (χ0n) is 11.9. The molecule has 2 unspecified atom stereocenters. The molecular weight excluding hydrogens is 407 g/mol. The van der Waals surface area contributed by atoms with Crippen molar-refractivity contribution in [2.75, 3.05) is 6.61 Å². The van der Waals surface area contributed by atoms with Crippen LogP contribution in [0.2, 0.25) is 0 Å². The highest BCUT2D eigenvalue weighted by Crippen LogP contribution is 2.38. The minimum absolute atomic E-state index is 0.108. The van der Waals surface area contributed by atoms with E-state index in [1.807, 2.05) is 12.1 Å². The van der Waals surface area contributed by atoms with Crippen molar-refractivity contribution < 1.29 is 35.0 Å².